The van der Waals surface area contributed by atoms with Gasteiger partial charge in [-0.2, -0.15) is 5.26 Å². The van der Waals surface area contributed by atoms with Gasteiger partial charge < -0.3 is 18.9 Å². The molecule has 2 saturated carbocycles. The molecule has 2 saturated heterocycles. The largest absolute Gasteiger partial charge is 0.348 e. The predicted molar refractivity (Wildman–Crippen MR) is 137 cm³/mol. The second-order valence-corrected chi connectivity index (χ2v) is 10.5. The molecule has 8 heteroatoms. The Morgan fingerprint density at radius 2 is 1.09 bits per heavy atom. The second kappa shape index (κ2) is 11.4. The summed E-state index contributed by atoms with van der Waals surface area (Å²) in [6.07, 6.45) is 7.47. The van der Waals surface area contributed by atoms with Crippen LogP contribution in [0.15, 0.2) is 30.3 Å². The van der Waals surface area contributed by atoms with E-state index in [1.54, 1.807) is 0 Å². The highest BCUT2D eigenvalue weighted by molar-refractivity contribution is 5.85. The number of nitrogens with zero attached hydrogens (tertiary/aromatic N) is 3. The number of benzene rings is 1. The van der Waals surface area contributed by atoms with Gasteiger partial charge in [-0.25, -0.2) is 0 Å². The highest BCUT2D eigenvalue weighted by atomic mass is 35.5. The van der Waals surface area contributed by atoms with Gasteiger partial charge in [0.2, 0.25) is 0 Å². The maximum absolute atomic E-state index is 9.27. The molecule has 0 aromatic heterocycles. The van der Waals surface area contributed by atoms with E-state index in [0.29, 0.717) is 13.2 Å². The van der Waals surface area contributed by atoms with Crippen LogP contribution in [0.2, 0.25) is 0 Å². The molecule has 196 valence electrons. The lowest BCUT2D eigenvalue weighted by Gasteiger charge is -2.48. The van der Waals surface area contributed by atoms with Crippen LogP contribution in [0.1, 0.15) is 56.9 Å². The third-order valence-corrected chi connectivity index (χ3v) is 8.54. The molecule has 0 atom stereocenters. The van der Waals surface area contributed by atoms with Crippen LogP contribution in [0.3, 0.4) is 0 Å². The fraction of sp³-hybridized carbons (Fsp3) is 0.741. The number of halogens is 1. The number of hydrogen-bond acceptors (Lipinski definition) is 7. The summed E-state index contributed by atoms with van der Waals surface area (Å²) in [5.74, 6) is -0.648. The first-order valence-electron chi connectivity index (χ1n) is 12.7. The van der Waals surface area contributed by atoms with Crippen molar-refractivity contribution in [1.82, 2.24) is 9.80 Å². The normalized spacial score (nSPS) is 28.4. The molecule has 2 aliphatic heterocycles. The van der Waals surface area contributed by atoms with Crippen LogP contribution in [0.25, 0.3) is 0 Å². The molecule has 0 amide bonds. The molecule has 5 rings (SSSR count). The molecule has 0 bridgehead atoms. The Morgan fingerprint density at radius 1 is 0.657 bits per heavy atom. The Bertz CT molecular complexity index is 826. The van der Waals surface area contributed by atoms with Crippen LogP contribution in [0, 0.1) is 11.3 Å². The first-order valence-corrected chi connectivity index (χ1v) is 12.7. The van der Waals surface area contributed by atoms with Gasteiger partial charge in [-0.05, 0) is 59.4 Å². The number of nitriles is 1. The van der Waals surface area contributed by atoms with Crippen LogP contribution < -0.4 is 0 Å². The van der Waals surface area contributed by atoms with Crippen molar-refractivity contribution >= 4 is 12.4 Å². The maximum Gasteiger partial charge on any atom is 0.168 e. The smallest absolute Gasteiger partial charge is 0.168 e. The average Bonchev–Trinajstić information content (AvgIpc) is 3.51. The molecule has 2 aliphatic carbocycles. The molecule has 4 fully saturated rings. The first kappa shape index (κ1) is 28.3. The zero-order chi connectivity index (χ0) is 24.3. The van der Waals surface area contributed by atoms with E-state index in [9.17, 15) is 5.26 Å². The van der Waals surface area contributed by atoms with Crippen molar-refractivity contribution in [1.29, 1.82) is 5.26 Å². The standard InChI is InChI=1S/C16H23NO2.C11H18N2O2.ClH/c1-17(2)15(14-6-4-3-5-7-14)8-10-16(11-9-15)18-12-13-19-16;1-13(2)10(9-12)3-5-11(6-4-10)14-7-8-15-11;/h3-7H,8-13H2,1-2H3;3-8H2,1-2H3;1H. The molecule has 0 radical (unpaired) electrons. The van der Waals surface area contributed by atoms with Gasteiger partial charge in [-0.3, -0.25) is 9.80 Å². The van der Waals surface area contributed by atoms with Crippen molar-refractivity contribution in [3.8, 4) is 6.07 Å². The monoisotopic (exact) mass is 507 g/mol. The summed E-state index contributed by atoms with van der Waals surface area (Å²) in [5.41, 5.74) is 1.22. The SMILES string of the molecule is CN(C)C1(C#N)CCC2(CC1)OCCO2.CN(C)C1(c2ccccc2)CCC2(CC1)OCCO2.Cl. The van der Waals surface area contributed by atoms with Crippen LogP contribution in [0.4, 0.5) is 0 Å². The van der Waals surface area contributed by atoms with Crippen LogP contribution in [-0.4, -0.2) is 81.5 Å². The lowest BCUT2D eigenvalue weighted by atomic mass is 9.73. The zero-order valence-electron chi connectivity index (χ0n) is 21.8. The number of ether oxygens (including phenoxy) is 4. The average molecular weight is 508 g/mol. The third kappa shape index (κ3) is 5.70. The van der Waals surface area contributed by atoms with Gasteiger partial charge in [0.1, 0.15) is 5.54 Å². The summed E-state index contributed by atoms with van der Waals surface area (Å²) in [7, 11) is 8.30. The Hall–Kier alpha value is -1.24. The first-order chi connectivity index (χ1) is 16.3. The summed E-state index contributed by atoms with van der Waals surface area (Å²) in [4.78, 5) is 4.39. The second-order valence-electron chi connectivity index (χ2n) is 10.5. The Morgan fingerprint density at radius 3 is 1.46 bits per heavy atom. The fourth-order valence-electron chi connectivity index (χ4n) is 6.06. The minimum absolute atomic E-state index is 0. The van der Waals surface area contributed by atoms with Crippen LogP contribution >= 0.6 is 12.4 Å². The minimum atomic E-state index is -0.365. The van der Waals surface area contributed by atoms with E-state index in [4.69, 9.17) is 18.9 Å². The third-order valence-electron chi connectivity index (χ3n) is 8.54. The highest BCUT2D eigenvalue weighted by Gasteiger charge is 2.48. The van der Waals surface area contributed by atoms with Gasteiger partial charge in [0.25, 0.3) is 0 Å². The summed E-state index contributed by atoms with van der Waals surface area (Å²) in [5, 5.41) is 9.27. The molecule has 2 spiro atoms. The molecule has 7 nitrogen and oxygen atoms in total. The molecule has 1 aromatic carbocycles. The van der Waals surface area contributed by atoms with Crippen molar-refractivity contribution < 1.29 is 18.9 Å². The van der Waals surface area contributed by atoms with E-state index in [-0.39, 0.29) is 35.1 Å². The molecule has 4 aliphatic rings. The van der Waals surface area contributed by atoms with Crippen molar-refractivity contribution in [3.63, 3.8) is 0 Å². The predicted octanol–water partition coefficient (Wildman–Crippen LogP) is 4.31. The molecule has 1 aromatic rings. The number of hydrogen-bond donors (Lipinski definition) is 0. The van der Waals surface area contributed by atoms with Gasteiger partial charge >= 0.3 is 0 Å². The summed E-state index contributed by atoms with van der Waals surface area (Å²) in [6.45, 7) is 2.89. The van der Waals surface area contributed by atoms with E-state index in [1.165, 1.54) is 5.56 Å². The Balaban J connectivity index is 0.000000195. The fourth-order valence-corrected chi connectivity index (χ4v) is 6.06. The van der Waals surface area contributed by atoms with Crippen molar-refractivity contribution in [2.45, 2.75) is 74.0 Å². The van der Waals surface area contributed by atoms with Crippen LogP contribution in [0.5, 0.6) is 0 Å². The topological polar surface area (TPSA) is 67.2 Å². The molecular formula is C27H42ClN3O4. The Kier molecular flexibility index (Phi) is 9.26. The van der Waals surface area contributed by atoms with Gasteiger partial charge in [-0.15, -0.1) is 12.4 Å². The van der Waals surface area contributed by atoms with Gasteiger partial charge in [0.15, 0.2) is 11.6 Å². The number of rotatable bonds is 3. The molecule has 35 heavy (non-hydrogen) atoms. The van der Waals surface area contributed by atoms with Crippen molar-refractivity contribution in [3.05, 3.63) is 35.9 Å². The maximum atomic E-state index is 9.27. The van der Waals surface area contributed by atoms with E-state index in [2.05, 4.69) is 55.4 Å². The lowest BCUT2D eigenvalue weighted by Crippen LogP contribution is -2.50. The summed E-state index contributed by atoms with van der Waals surface area (Å²) >= 11 is 0. The minimum Gasteiger partial charge on any atom is -0.348 e. The molecule has 0 unspecified atom stereocenters. The molecule has 0 N–H and O–H groups in total. The lowest BCUT2D eigenvalue weighted by molar-refractivity contribution is -0.193. The van der Waals surface area contributed by atoms with E-state index < -0.39 is 0 Å². The van der Waals surface area contributed by atoms with Crippen molar-refractivity contribution in [2.24, 2.45) is 0 Å². The zero-order valence-corrected chi connectivity index (χ0v) is 22.6. The van der Waals surface area contributed by atoms with Crippen molar-refractivity contribution in [2.75, 3.05) is 54.6 Å². The van der Waals surface area contributed by atoms with E-state index in [1.807, 2.05) is 19.0 Å². The quantitative estimate of drug-likeness (QED) is 0.603. The van der Waals surface area contributed by atoms with E-state index in [0.717, 1.165) is 64.6 Å². The molecular weight excluding hydrogens is 466 g/mol. The van der Waals surface area contributed by atoms with Gasteiger partial charge in [0.05, 0.1) is 32.5 Å². The Labute approximate surface area is 217 Å². The highest BCUT2D eigenvalue weighted by Crippen LogP contribution is 2.47. The molecule has 2 heterocycles. The van der Waals surface area contributed by atoms with Gasteiger partial charge in [0, 0.05) is 31.2 Å². The summed E-state index contributed by atoms with van der Waals surface area (Å²) < 4.78 is 23.0. The summed E-state index contributed by atoms with van der Waals surface area (Å²) in [6, 6.07) is 13.3. The van der Waals surface area contributed by atoms with Gasteiger partial charge in [-0.1, -0.05) is 30.3 Å². The van der Waals surface area contributed by atoms with Crippen LogP contribution in [-0.2, 0) is 24.5 Å². The van der Waals surface area contributed by atoms with E-state index >= 15 is 0 Å².